The van der Waals surface area contributed by atoms with Crippen molar-refractivity contribution in [1.29, 1.82) is 0 Å². The largest absolute Gasteiger partial charge is 0.497 e. The predicted octanol–water partition coefficient (Wildman–Crippen LogP) is 4.70. The molecule has 8 heteroatoms. The van der Waals surface area contributed by atoms with Gasteiger partial charge in [-0.05, 0) is 90.2 Å². The first-order chi connectivity index (χ1) is 16.0. The van der Waals surface area contributed by atoms with Gasteiger partial charge in [-0.1, -0.05) is 18.2 Å². The molecule has 1 aromatic heterocycles. The zero-order valence-electron chi connectivity index (χ0n) is 20.4. The number of amides is 1. The van der Waals surface area contributed by atoms with Crippen LogP contribution < -0.4 is 4.74 Å². The van der Waals surface area contributed by atoms with Gasteiger partial charge in [-0.2, -0.15) is 0 Å². The van der Waals surface area contributed by atoms with E-state index in [0.29, 0.717) is 17.8 Å². The first kappa shape index (κ1) is 24.1. The molecule has 2 aromatic rings. The quantitative estimate of drug-likeness (QED) is 0.545. The number of piperidine rings is 2. The van der Waals surface area contributed by atoms with Crippen molar-refractivity contribution in [1.82, 2.24) is 24.6 Å². The molecule has 2 aliphatic rings. The van der Waals surface area contributed by atoms with E-state index in [9.17, 15) is 4.79 Å². The van der Waals surface area contributed by atoms with Gasteiger partial charge in [0.05, 0.1) is 18.9 Å². The van der Waals surface area contributed by atoms with Gasteiger partial charge in [-0.25, -0.2) is 0 Å². The molecule has 33 heavy (non-hydrogen) atoms. The molecule has 0 bridgehead atoms. The number of aromatic nitrogens is 3. The molecule has 0 unspecified atom stereocenters. The van der Waals surface area contributed by atoms with Crippen molar-refractivity contribution in [2.24, 2.45) is 0 Å². The first-order valence-corrected chi connectivity index (χ1v) is 13.3. The van der Waals surface area contributed by atoms with Crippen LogP contribution in [0, 0.1) is 0 Å². The molecular formula is C25H37N5O2S. The Bertz CT molecular complexity index is 915. The van der Waals surface area contributed by atoms with E-state index in [-0.39, 0.29) is 11.9 Å². The maximum Gasteiger partial charge on any atom is 0.233 e. The predicted molar refractivity (Wildman–Crippen MR) is 132 cm³/mol. The summed E-state index contributed by atoms with van der Waals surface area (Å²) in [7, 11) is 1.67. The van der Waals surface area contributed by atoms with Gasteiger partial charge in [0.1, 0.15) is 5.75 Å². The van der Waals surface area contributed by atoms with E-state index in [0.717, 1.165) is 48.3 Å². The molecular weight excluding hydrogens is 434 g/mol. The highest BCUT2D eigenvalue weighted by atomic mass is 32.2. The Morgan fingerprint density at radius 2 is 1.73 bits per heavy atom. The van der Waals surface area contributed by atoms with Gasteiger partial charge >= 0.3 is 0 Å². The van der Waals surface area contributed by atoms with E-state index >= 15 is 0 Å². The lowest BCUT2D eigenvalue weighted by atomic mass is 9.98. The van der Waals surface area contributed by atoms with Crippen molar-refractivity contribution in [2.45, 2.75) is 82.6 Å². The fourth-order valence-corrected chi connectivity index (χ4v) is 6.03. The Morgan fingerprint density at radius 3 is 2.36 bits per heavy atom. The van der Waals surface area contributed by atoms with Gasteiger partial charge in [0.2, 0.25) is 5.91 Å². The minimum absolute atomic E-state index is 0.159. The lowest BCUT2D eigenvalue weighted by Gasteiger charge is -2.39. The van der Waals surface area contributed by atoms with Crippen molar-refractivity contribution in [3.05, 3.63) is 30.1 Å². The van der Waals surface area contributed by atoms with Crippen LogP contribution in [0.25, 0.3) is 5.69 Å². The maximum atomic E-state index is 13.1. The first-order valence-electron chi connectivity index (χ1n) is 12.3. The Hall–Kier alpha value is -2.06. The van der Waals surface area contributed by atoms with Crippen molar-refractivity contribution in [3.63, 3.8) is 0 Å². The summed E-state index contributed by atoms with van der Waals surface area (Å²) < 4.78 is 7.48. The molecule has 3 heterocycles. The minimum atomic E-state index is 0.159. The third-order valence-corrected chi connectivity index (χ3v) is 8.02. The summed E-state index contributed by atoms with van der Waals surface area (Å²) >= 11 is 1.49. The van der Waals surface area contributed by atoms with E-state index < -0.39 is 0 Å². The second kappa shape index (κ2) is 10.9. The summed E-state index contributed by atoms with van der Waals surface area (Å²) in [6, 6.07) is 8.76. The smallest absolute Gasteiger partial charge is 0.233 e. The number of thioether (sulfide) groups is 1. The van der Waals surface area contributed by atoms with Crippen LogP contribution in [0.4, 0.5) is 0 Å². The van der Waals surface area contributed by atoms with Crippen molar-refractivity contribution in [3.8, 4) is 11.4 Å². The van der Waals surface area contributed by atoms with E-state index in [1.54, 1.807) is 7.11 Å². The average Bonchev–Trinajstić information content (AvgIpc) is 3.26. The highest BCUT2D eigenvalue weighted by Crippen LogP contribution is 2.31. The Balaban J connectivity index is 1.58. The van der Waals surface area contributed by atoms with Crippen molar-refractivity contribution in [2.75, 3.05) is 26.0 Å². The second-order valence-electron chi connectivity index (χ2n) is 9.37. The number of hydrogen-bond donors (Lipinski definition) is 0. The fraction of sp³-hybridized carbons (Fsp3) is 0.640. The molecule has 0 radical (unpaired) electrons. The van der Waals surface area contributed by atoms with Gasteiger partial charge in [-0.15, -0.1) is 10.2 Å². The van der Waals surface area contributed by atoms with Crippen LogP contribution in [0.1, 0.15) is 71.2 Å². The molecule has 7 nitrogen and oxygen atoms in total. The zero-order valence-corrected chi connectivity index (χ0v) is 21.2. The summed E-state index contributed by atoms with van der Waals surface area (Å²) in [6.45, 7) is 8.71. The average molecular weight is 472 g/mol. The van der Waals surface area contributed by atoms with Crippen LogP contribution >= 0.6 is 11.8 Å². The van der Waals surface area contributed by atoms with Crippen molar-refractivity contribution < 1.29 is 9.53 Å². The Morgan fingerprint density at radius 1 is 1.06 bits per heavy atom. The van der Waals surface area contributed by atoms with Crippen LogP contribution in [0.3, 0.4) is 0 Å². The third-order valence-electron chi connectivity index (χ3n) is 7.11. The van der Waals surface area contributed by atoms with Crippen LogP contribution in [-0.4, -0.2) is 68.5 Å². The lowest BCUT2D eigenvalue weighted by Crippen LogP contribution is -2.48. The number of rotatable bonds is 7. The van der Waals surface area contributed by atoms with Crippen LogP contribution in [-0.2, 0) is 4.79 Å². The topological polar surface area (TPSA) is 63.5 Å². The molecule has 180 valence electrons. The minimum Gasteiger partial charge on any atom is -0.497 e. The van der Waals surface area contributed by atoms with Gasteiger partial charge < -0.3 is 9.64 Å². The third kappa shape index (κ3) is 5.38. The molecule has 1 aromatic carbocycles. The summed E-state index contributed by atoms with van der Waals surface area (Å²) in [5, 5.41) is 9.95. The van der Waals surface area contributed by atoms with Gasteiger partial charge in [0, 0.05) is 17.8 Å². The van der Waals surface area contributed by atoms with Gasteiger partial charge in [0.25, 0.3) is 0 Å². The summed E-state index contributed by atoms with van der Waals surface area (Å²) in [5.41, 5.74) is 0.995. The number of methoxy groups -OCH3 is 1. The maximum absolute atomic E-state index is 13.1. The molecule has 2 fully saturated rings. The highest BCUT2D eigenvalue weighted by molar-refractivity contribution is 7.99. The molecule has 0 spiro atoms. The number of carbonyl (C=O) groups excluding carboxylic acids is 1. The Kier molecular flexibility index (Phi) is 7.96. The summed E-state index contributed by atoms with van der Waals surface area (Å²) in [4.78, 5) is 17.7. The van der Waals surface area contributed by atoms with Crippen LogP contribution in [0.2, 0.25) is 0 Å². The fourth-order valence-electron chi connectivity index (χ4n) is 5.20. The summed E-state index contributed by atoms with van der Waals surface area (Å²) in [5.74, 6) is 2.31. The van der Waals surface area contributed by atoms with E-state index in [4.69, 9.17) is 4.74 Å². The molecule has 4 rings (SSSR count). The SMILES string of the molecule is COc1ccc(-n2c(SCC(=O)N3[C@H](C)CCC[C@@H]3C)nnc2[C@H](C)N2CCCCC2)cc1. The van der Waals surface area contributed by atoms with Crippen molar-refractivity contribution >= 4 is 17.7 Å². The number of benzene rings is 1. The molecule has 0 N–H and O–H groups in total. The Labute approximate surface area is 201 Å². The standard InChI is InChI=1S/C25H37N5O2S/c1-18-9-8-10-19(2)29(18)23(31)17-33-25-27-26-24(20(3)28-15-6-5-7-16-28)30(25)21-11-13-22(32-4)14-12-21/h11-14,18-20H,5-10,15-17H2,1-4H3/t18-,19+,20-/m0/s1. The second-order valence-corrected chi connectivity index (χ2v) is 10.3. The number of nitrogens with zero attached hydrogens (tertiary/aromatic N) is 5. The number of likely N-dealkylation sites (tertiary alicyclic amines) is 2. The summed E-state index contributed by atoms with van der Waals surface area (Å²) in [6.07, 6.45) is 7.11. The van der Waals surface area contributed by atoms with E-state index in [2.05, 4.69) is 45.3 Å². The number of carbonyl (C=O) groups is 1. The van der Waals surface area contributed by atoms with E-state index in [1.807, 2.05) is 24.3 Å². The van der Waals surface area contributed by atoms with E-state index in [1.165, 1.54) is 37.4 Å². The molecule has 1 amide bonds. The molecule has 3 atom stereocenters. The number of ether oxygens (including phenoxy) is 1. The zero-order chi connectivity index (χ0) is 23.4. The molecule has 0 saturated carbocycles. The van der Waals surface area contributed by atoms with Crippen LogP contribution in [0.15, 0.2) is 29.4 Å². The van der Waals surface area contributed by atoms with Crippen LogP contribution in [0.5, 0.6) is 5.75 Å². The molecule has 0 aliphatic carbocycles. The van der Waals surface area contributed by atoms with Gasteiger partial charge in [-0.3, -0.25) is 14.3 Å². The lowest BCUT2D eigenvalue weighted by molar-refractivity contribution is -0.134. The molecule has 2 aliphatic heterocycles. The number of hydrogen-bond acceptors (Lipinski definition) is 6. The normalized spacial score (nSPS) is 22.8. The highest BCUT2D eigenvalue weighted by Gasteiger charge is 2.30. The molecule has 2 saturated heterocycles. The monoisotopic (exact) mass is 471 g/mol. The van der Waals surface area contributed by atoms with Gasteiger partial charge in [0.15, 0.2) is 11.0 Å².